The van der Waals surface area contributed by atoms with E-state index in [9.17, 15) is 19.5 Å². The predicted molar refractivity (Wildman–Crippen MR) is 99.4 cm³/mol. The average Bonchev–Trinajstić information content (AvgIpc) is 3.03. The molecular formula is C18H17N5O4. The SMILES string of the molecule is CCCc1c(O)n(Cc2ccccc2)c2nc3[nH]c(=O)[nH]c(=O)c3n2c1=O. The maximum Gasteiger partial charge on any atom is 0.327 e. The minimum atomic E-state index is -0.712. The minimum absolute atomic E-state index is 0.00397. The van der Waals surface area contributed by atoms with Gasteiger partial charge in [0.05, 0.1) is 12.1 Å². The predicted octanol–water partition coefficient (Wildman–Crippen LogP) is 0.732. The van der Waals surface area contributed by atoms with E-state index >= 15 is 0 Å². The molecule has 4 rings (SSSR count). The van der Waals surface area contributed by atoms with Gasteiger partial charge in [0.25, 0.3) is 11.1 Å². The lowest BCUT2D eigenvalue weighted by Gasteiger charge is -2.14. The Bertz CT molecular complexity index is 1330. The van der Waals surface area contributed by atoms with Gasteiger partial charge in [-0.1, -0.05) is 43.7 Å². The molecule has 0 fully saturated rings. The molecule has 1 aromatic carbocycles. The highest BCUT2D eigenvalue weighted by Crippen LogP contribution is 2.21. The van der Waals surface area contributed by atoms with E-state index in [-0.39, 0.29) is 34.9 Å². The quantitative estimate of drug-likeness (QED) is 0.490. The van der Waals surface area contributed by atoms with Crippen LogP contribution in [0.4, 0.5) is 0 Å². The Labute approximate surface area is 151 Å². The molecule has 3 aromatic heterocycles. The first-order chi connectivity index (χ1) is 13.0. The van der Waals surface area contributed by atoms with Crippen LogP contribution in [-0.4, -0.2) is 29.0 Å². The summed E-state index contributed by atoms with van der Waals surface area (Å²) in [5, 5.41) is 10.8. The Kier molecular flexibility index (Phi) is 3.91. The summed E-state index contributed by atoms with van der Waals surface area (Å²) < 4.78 is 2.62. The fourth-order valence-electron chi connectivity index (χ4n) is 3.25. The Morgan fingerprint density at radius 2 is 1.85 bits per heavy atom. The highest BCUT2D eigenvalue weighted by Gasteiger charge is 2.21. The third-order valence-electron chi connectivity index (χ3n) is 4.45. The molecule has 0 aliphatic rings. The summed E-state index contributed by atoms with van der Waals surface area (Å²) in [7, 11) is 0. The molecule has 0 saturated carbocycles. The van der Waals surface area contributed by atoms with E-state index in [1.807, 2.05) is 37.3 Å². The van der Waals surface area contributed by atoms with E-state index in [2.05, 4.69) is 15.0 Å². The monoisotopic (exact) mass is 367 g/mol. The van der Waals surface area contributed by atoms with Gasteiger partial charge in [0.2, 0.25) is 11.7 Å². The molecule has 27 heavy (non-hydrogen) atoms. The van der Waals surface area contributed by atoms with Gasteiger partial charge in [-0.05, 0) is 12.0 Å². The van der Waals surface area contributed by atoms with Crippen LogP contribution in [0.5, 0.6) is 5.88 Å². The third-order valence-corrected chi connectivity index (χ3v) is 4.45. The molecule has 0 radical (unpaired) electrons. The van der Waals surface area contributed by atoms with Gasteiger partial charge in [0.15, 0.2) is 11.2 Å². The second-order valence-electron chi connectivity index (χ2n) is 6.28. The van der Waals surface area contributed by atoms with Gasteiger partial charge in [-0.15, -0.1) is 0 Å². The number of benzene rings is 1. The van der Waals surface area contributed by atoms with Crippen LogP contribution in [0.2, 0.25) is 0 Å². The minimum Gasteiger partial charge on any atom is -0.494 e. The Balaban J connectivity index is 2.15. The molecule has 0 aliphatic carbocycles. The van der Waals surface area contributed by atoms with Gasteiger partial charge in [0, 0.05) is 0 Å². The van der Waals surface area contributed by atoms with Crippen LogP contribution < -0.4 is 16.8 Å². The number of nitrogens with one attached hydrogen (secondary N) is 2. The number of nitrogens with zero attached hydrogens (tertiary/aromatic N) is 3. The summed E-state index contributed by atoms with van der Waals surface area (Å²) in [6.07, 6.45) is 0.982. The topological polar surface area (TPSA) is 125 Å². The molecular weight excluding hydrogens is 350 g/mol. The Hall–Kier alpha value is -3.62. The summed E-state index contributed by atoms with van der Waals surface area (Å²) in [5.41, 5.74) is -0.909. The summed E-state index contributed by atoms with van der Waals surface area (Å²) in [6, 6.07) is 9.36. The van der Waals surface area contributed by atoms with E-state index in [0.717, 1.165) is 9.96 Å². The van der Waals surface area contributed by atoms with Gasteiger partial charge in [-0.3, -0.25) is 24.1 Å². The van der Waals surface area contributed by atoms with Crippen molar-refractivity contribution in [1.29, 1.82) is 0 Å². The van der Waals surface area contributed by atoms with Crippen molar-refractivity contribution in [2.24, 2.45) is 0 Å². The molecule has 0 saturated heterocycles. The van der Waals surface area contributed by atoms with Crippen molar-refractivity contribution in [2.75, 3.05) is 0 Å². The lowest BCUT2D eigenvalue weighted by atomic mass is 10.1. The van der Waals surface area contributed by atoms with E-state index < -0.39 is 16.8 Å². The van der Waals surface area contributed by atoms with Crippen molar-refractivity contribution in [1.82, 2.24) is 23.9 Å². The lowest BCUT2D eigenvalue weighted by Crippen LogP contribution is -2.27. The van der Waals surface area contributed by atoms with Crippen molar-refractivity contribution < 1.29 is 5.11 Å². The molecule has 0 unspecified atom stereocenters. The maximum absolute atomic E-state index is 13.0. The molecule has 3 heterocycles. The number of hydrogen-bond acceptors (Lipinski definition) is 5. The number of aromatic hydroxyl groups is 1. The molecule has 0 bridgehead atoms. The van der Waals surface area contributed by atoms with E-state index in [4.69, 9.17) is 0 Å². The normalized spacial score (nSPS) is 11.4. The van der Waals surface area contributed by atoms with Gasteiger partial charge >= 0.3 is 5.69 Å². The van der Waals surface area contributed by atoms with Crippen LogP contribution in [0.15, 0.2) is 44.7 Å². The highest BCUT2D eigenvalue weighted by molar-refractivity contribution is 5.74. The third kappa shape index (κ3) is 2.64. The zero-order chi connectivity index (χ0) is 19.1. The van der Waals surface area contributed by atoms with E-state index in [0.29, 0.717) is 12.8 Å². The summed E-state index contributed by atoms with van der Waals surface area (Å²) in [6.45, 7) is 2.14. The van der Waals surface area contributed by atoms with Crippen LogP contribution in [-0.2, 0) is 13.0 Å². The summed E-state index contributed by atoms with van der Waals surface area (Å²) >= 11 is 0. The number of imidazole rings is 1. The number of H-pyrrole nitrogens is 2. The first-order valence-electron chi connectivity index (χ1n) is 8.54. The number of hydrogen-bond donors (Lipinski definition) is 3. The first-order valence-corrected chi connectivity index (χ1v) is 8.54. The largest absolute Gasteiger partial charge is 0.494 e. The Morgan fingerprint density at radius 3 is 2.56 bits per heavy atom. The van der Waals surface area contributed by atoms with Gasteiger partial charge in [-0.25, -0.2) is 9.20 Å². The number of aromatic amines is 2. The van der Waals surface area contributed by atoms with Crippen molar-refractivity contribution in [3.63, 3.8) is 0 Å². The van der Waals surface area contributed by atoms with Crippen molar-refractivity contribution >= 4 is 16.9 Å². The average molecular weight is 367 g/mol. The first kappa shape index (κ1) is 16.8. The molecule has 0 aliphatic heterocycles. The van der Waals surface area contributed by atoms with Crippen molar-refractivity contribution in [3.8, 4) is 5.88 Å². The van der Waals surface area contributed by atoms with Crippen LogP contribution in [0.25, 0.3) is 16.9 Å². The number of fused-ring (bicyclic) bond motifs is 3. The summed E-state index contributed by atoms with van der Waals surface area (Å²) in [5.74, 6) is -0.101. The molecule has 0 atom stereocenters. The van der Waals surface area contributed by atoms with Gasteiger partial charge in [-0.2, -0.15) is 4.98 Å². The van der Waals surface area contributed by atoms with Gasteiger partial charge < -0.3 is 5.11 Å². The highest BCUT2D eigenvalue weighted by atomic mass is 16.3. The fourth-order valence-corrected chi connectivity index (χ4v) is 3.25. The molecule has 138 valence electrons. The smallest absolute Gasteiger partial charge is 0.327 e. The summed E-state index contributed by atoms with van der Waals surface area (Å²) in [4.78, 5) is 45.6. The molecule has 9 nitrogen and oxygen atoms in total. The van der Waals surface area contributed by atoms with E-state index in [1.165, 1.54) is 4.57 Å². The van der Waals surface area contributed by atoms with Crippen LogP contribution in [0.1, 0.15) is 24.5 Å². The lowest BCUT2D eigenvalue weighted by molar-refractivity contribution is 0.411. The van der Waals surface area contributed by atoms with Crippen LogP contribution >= 0.6 is 0 Å². The number of rotatable bonds is 4. The second kappa shape index (κ2) is 6.27. The zero-order valence-corrected chi connectivity index (χ0v) is 14.5. The molecule has 4 aromatic rings. The maximum atomic E-state index is 13.0. The van der Waals surface area contributed by atoms with Crippen LogP contribution in [0, 0.1) is 0 Å². The molecule has 9 heteroatoms. The molecule has 3 N–H and O–H groups in total. The Morgan fingerprint density at radius 1 is 1.11 bits per heavy atom. The fraction of sp³-hybridized carbons (Fsp3) is 0.222. The van der Waals surface area contributed by atoms with Crippen molar-refractivity contribution in [2.45, 2.75) is 26.3 Å². The van der Waals surface area contributed by atoms with Gasteiger partial charge in [0.1, 0.15) is 0 Å². The standard InChI is InChI=1S/C18H17N5O4/c1-2-6-11-15(25)22(9-10-7-4-3-5-8-10)18-20-13-12(23(18)16(11)26)14(24)21-17(27)19-13/h3-5,7-8,25H,2,6,9H2,1H3,(H2,19,21,24,27). The zero-order valence-electron chi connectivity index (χ0n) is 14.5. The molecule has 0 spiro atoms. The van der Waals surface area contributed by atoms with Crippen molar-refractivity contribution in [3.05, 3.63) is 72.7 Å². The second-order valence-corrected chi connectivity index (χ2v) is 6.28. The molecule has 0 amide bonds. The number of aromatic nitrogens is 5. The van der Waals surface area contributed by atoms with E-state index in [1.54, 1.807) is 0 Å². The van der Waals surface area contributed by atoms with Crippen LogP contribution in [0.3, 0.4) is 0 Å².